The van der Waals surface area contributed by atoms with Crippen molar-refractivity contribution in [3.8, 4) is 5.75 Å². The summed E-state index contributed by atoms with van der Waals surface area (Å²) in [5.74, 6) is 0.597. The average Bonchev–Trinajstić information content (AvgIpc) is 2.54. The molecular weight excluding hydrogens is 304 g/mol. The second-order valence-electron chi connectivity index (χ2n) is 4.75. The Morgan fingerprint density at radius 2 is 1.78 bits per heavy atom. The summed E-state index contributed by atoms with van der Waals surface area (Å²) in [7, 11) is 0. The summed E-state index contributed by atoms with van der Waals surface area (Å²) >= 11 is 0. The normalized spacial score (nSPS) is 10.7. The summed E-state index contributed by atoms with van der Waals surface area (Å²) in [6.07, 6.45) is 1.21. The highest BCUT2D eigenvalue weighted by molar-refractivity contribution is 5.62. The molecule has 1 atom stereocenters. The summed E-state index contributed by atoms with van der Waals surface area (Å²) in [6, 6.07) is 8.71. The molecule has 0 aromatic heterocycles. The van der Waals surface area contributed by atoms with Crippen LogP contribution in [0.2, 0.25) is 0 Å². The molecule has 23 heavy (non-hydrogen) atoms. The van der Waals surface area contributed by atoms with Gasteiger partial charge >= 0.3 is 12.3 Å². The number of carboxylic acid groups (broad SMARTS) is 1. The van der Waals surface area contributed by atoms with Gasteiger partial charge in [-0.05, 0) is 24.5 Å². The monoisotopic (exact) mass is 328 g/mol. The lowest BCUT2D eigenvalue weighted by Crippen LogP contribution is -2.16. The molecule has 0 bridgehead atoms. The smallest absolute Gasteiger partial charge is 0.508 e. The molecule has 0 heterocycles. The maximum Gasteiger partial charge on any atom is 0.550 e. The van der Waals surface area contributed by atoms with E-state index in [2.05, 4.69) is 16.7 Å². The van der Waals surface area contributed by atoms with Crippen LogP contribution in [0.25, 0.3) is 0 Å². The Morgan fingerprint density at radius 3 is 2.22 bits per heavy atom. The van der Waals surface area contributed by atoms with Gasteiger partial charge in [-0.25, -0.2) is 9.68 Å². The Balaban J connectivity index is 0.000000568. The first kappa shape index (κ1) is 20.6. The van der Waals surface area contributed by atoms with E-state index in [0.717, 1.165) is 25.7 Å². The third-order valence-electron chi connectivity index (χ3n) is 2.92. The molecule has 0 spiro atoms. The van der Waals surface area contributed by atoms with Gasteiger partial charge in [0.1, 0.15) is 5.75 Å². The van der Waals surface area contributed by atoms with Gasteiger partial charge in [-0.2, -0.15) is 9.68 Å². The lowest BCUT2D eigenvalue weighted by atomic mass is 10.0. The van der Waals surface area contributed by atoms with Crippen LogP contribution in [-0.2, 0) is 14.5 Å². The molecule has 1 unspecified atom stereocenters. The van der Waals surface area contributed by atoms with Gasteiger partial charge in [0.25, 0.3) is 0 Å². The predicted molar refractivity (Wildman–Crippen MR) is 83.0 cm³/mol. The average molecular weight is 328 g/mol. The van der Waals surface area contributed by atoms with E-state index in [9.17, 15) is 9.59 Å². The number of carbonyl (C=O) groups is 2. The third-order valence-corrected chi connectivity index (χ3v) is 2.92. The zero-order chi connectivity index (χ0) is 17.5. The van der Waals surface area contributed by atoms with Crippen molar-refractivity contribution in [2.45, 2.75) is 39.5 Å². The Bertz CT molecular complexity index is 433. The van der Waals surface area contributed by atoms with Gasteiger partial charge in [-0.3, -0.25) is 0 Å². The fourth-order valence-electron chi connectivity index (χ4n) is 1.61. The fraction of sp³-hybridized carbons (Fsp3) is 0.500. The van der Waals surface area contributed by atoms with Crippen molar-refractivity contribution in [3.63, 3.8) is 0 Å². The molecule has 0 saturated heterocycles. The molecular formula is C16H24O7. The second kappa shape index (κ2) is 13.2. The molecule has 1 aromatic rings. The number of ether oxygens (including phenoxy) is 1. The largest absolute Gasteiger partial charge is 0.550 e. The van der Waals surface area contributed by atoms with E-state index in [1.165, 1.54) is 0 Å². The van der Waals surface area contributed by atoms with Crippen LogP contribution in [-0.4, -0.2) is 29.1 Å². The molecule has 1 aromatic carbocycles. The first-order valence-electron chi connectivity index (χ1n) is 7.47. The van der Waals surface area contributed by atoms with Gasteiger partial charge in [0, 0.05) is 0 Å². The maximum absolute atomic E-state index is 10.8. The molecule has 0 fully saturated rings. The molecule has 0 aliphatic carbocycles. The van der Waals surface area contributed by atoms with Crippen LogP contribution < -0.4 is 0 Å². The fourth-order valence-corrected chi connectivity index (χ4v) is 1.61. The van der Waals surface area contributed by atoms with Crippen molar-refractivity contribution in [2.75, 3.05) is 6.61 Å². The van der Waals surface area contributed by atoms with Crippen molar-refractivity contribution < 1.29 is 34.3 Å². The standard InChI is InChI=1S/C10H18O6.C6H6O/c1-3-5-6-8(4-2)7-14-10(13)16-15-9(11)12;7-6-4-2-1-3-5-6/h8H,3-7H2,1-2H3,(H,11,12);1-5,7H. The number of aromatic hydroxyl groups is 1. The number of para-hydroxylation sites is 1. The van der Waals surface area contributed by atoms with E-state index in [0.29, 0.717) is 5.75 Å². The minimum absolute atomic E-state index is 0.221. The molecule has 0 amide bonds. The third kappa shape index (κ3) is 13.0. The summed E-state index contributed by atoms with van der Waals surface area (Å²) in [6.45, 7) is 4.31. The minimum atomic E-state index is -1.69. The number of hydrogen-bond donors (Lipinski definition) is 2. The van der Waals surface area contributed by atoms with Crippen LogP contribution in [0.3, 0.4) is 0 Å². The van der Waals surface area contributed by atoms with Crippen molar-refractivity contribution in [3.05, 3.63) is 30.3 Å². The molecule has 130 valence electrons. The SMILES string of the molecule is CCCCC(CC)COC(=O)OOC(=O)O.Oc1ccccc1. The van der Waals surface area contributed by atoms with Gasteiger partial charge in [0.15, 0.2) is 0 Å². The molecule has 0 aliphatic rings. The molecule has 0 saturated carbocycles. The molecule has 0 radical (unpaired) electrons. The Labute approximate surface area is 135 Å². The van der Waals surface area contributed by atoms with Crippen LogP contribution >= 0.6 is 0 Å². The minimum Gasteiger partial charge on any atom is -0.508 e. The van der Waals surface area contributed by atoms with E-state index in [4.69, 9.17) is 14.9 Å². The molecule has 7 nitrogen and oxygen atoms in total. The Kier molecular flexibility index (Phi) is 11.8. The summed E-state index contributed by atoms with van der Waals surface area (Å²) in [4.78, 5) is 28.1. The van der Waals surface area contributed by atoms with Crippen LogP contribution in [0, 0.1) is 5.92 Å². The summed E-state index contributed by atoms with van der Waals surface area (Å²) in [5, 5.41) is 16.7. The molecule has 1 rings (SSSR count). The van der Waals surface area contributed by atoms with E-state index in [1.807, 2.05) is 13.0 Å². The van der Waals surface area contributed by atoms with Gasteiger partial charge in [-0.15, -0.1) is 0 Å². The lowest BCUT2D eigenvalue weighted by Gasteiger charge is -2.13. The zero-order valence-electron chi connectivity index (χ0n) is 13.4. The van der Waals surface area contributed by atoms with Crippen LogP contribution in [0.4, 0.5) is 9.59 Å². The van der Waals surface area contributed by atoms with Crippen LogP contribution in [0.1, 0.15) is 39.5 Å². The molecule has 7 heteroatoms. The number of benzene rings is 1. The van der Waals surface area contributed by atoms with Gasteiger partial charge in [0.05, 0.1) is 6.61 Å². The number of unbranched alkanes of at least 4 members (excludes halogenated alkanes) is 1. The second-order valence-corrected chi connectivity index (χ2v) is 4.75. The highest BCUT2D eigenvalue weighted by Crippen LogP contribution is 2.13. The van der Waals surface area contributed by atoms with Crippen LogP contribution in [0.5, 0.6) is 5.75 Å². The van der Waals surface area contributed by atoms with Crippen molar-refractivity contribution >= 4 is 12.3 Å². The molecule has 2 N–H and O–H groups in total. The number of hydrogen-bond acceptors (Lipinski definition) is 6. The zero-order valence-corrected chi connectivity index (χ0v) is 13.4. The van der Waals surface area contributed by atoms with Gasteiger partial charge < -0.3 is 14.9 Å². The lowest BCUT2D eigenvalue weighted by molar-refractivity contribution is -0.214. The highest BCUT2D eigenvalue weighted by Gasteiger charge is 2.13. The summed E-state index contributed by atoms with van der Waals surface area (Å²) < 4.78 is 4.69. The maximum atomic E-state index is 10.8. The highest BCUT2D eigenvalue weighted by atomic mass is 17.3. The Hall–Kier alpha value is -2.44. The van der Waals surface area contributed by atoms with E-state index >= 15 is 0 Å². The quantitative estimate of drug-likeness (QED) is 0.454. The van der Waals surface area contributed by atoms with E-state index in [-0.39, 0.29) is 12.5 Å². The first-order valence-corrected chi connectivity index (χ1v) is 7.47. The Morgan fingerprint density at radius 1 is 1.13 bits per heavy atom. The van der Waals surface area contributed by atoms with Gasteiger partial charge in [-0.1, -0.05) is 51.3 Å². The molecule has 0 aliphatic heterocycles. The van der Waals surface area contributed by atoms with E-state index < -0.39 is 12.3 Å². The van der Waals surface area contributed by atoms with Crippen molar-refractivity contribution in [2.24, 2.45) is 5.92 Å². The number of rotatable bonds is 6. The van der Waals surface area contributed by atoms with Crippen molar-refractivity contribution in [1.29, 1.82) is 0 Å². The van der Waals surface area contributed by atoms with Gasteiger partial charge in [0.2, 0.25) is 0 Å². The van der Waals surface area contributed by atoms with E-state index in [1.54, 1.807) is 24.3 Å². The summed E-state index contributed by atoms with van der Waals surface area (Å²) in [5.41, 5.74) is 0. The first-order chi connectivity index (χ1) is 11.0. The van der Waals surface area contributed by atoms with Crippen LogP contribution in [0.15, 0.2) is 30.3 Å². The number of phenolic OH excluding ortho intramolecular Hbond substituents is 1. The van der Waals surface area contributed by atoms with Crippen molar-refractivity contribution in [1.82, 2.24) is 0 Å². The number of phenols is 1. The number of carbonyl (C=O) groups excluding carboxylic acids is 1. The predicted octanol–water partition coefficient (Wildman–Crippen LogP) is 4.36. The topological polar surface area (TPSA) is 102 Å².